The van der Waals surface area contributed by atoms with E-state index < -0.39 is 0 Å². The number of nitrogens with zero attached hydrogens (tertiary/aromatic N) is 3. The molecule has 0 saturated carbocycles. The zero-order valence-corrected chi connectivity index (χ0v) is 19.8. The van der Waals surface area contributed by atoms with Crippen molar-refractivity contribution in [2.75, 3.05) is 31.5 Å². The molecule has 1 N–H and O–H groups in total. The first-order valence-corrected chi connectivity index (χ1v) is 11.9. The third kappa shape index (κ3) is 5.08. The van der Waals surface area contributed by atoms with E-state index in [1.165, 1.54) is 5.56 Å². The molecular formula is C29H28N4O2. The third-order valence-electron chi connectivity index (χ3n) is 6.54. The topological polar surface area (TPSA) is 65.5 Å². The van der Waals surface area contributed by atoms with E-state index in [1.807, 2.05) is 54.4 Å². The van der Waals surface area contributed by atoms with Gasteiger partial charge in [0.1, 0.15) is 0 Å². The largest absolute Gasteiger partial charge is 0.336 e. The minimum absolute atomic E-state index is 0.00770. The highest BCUT2D eigenvalue weighted by molar-refractivity contribution is 6.05. The molecule has 1 saturated heterocycles. The van der Waals surface area contributed by atoms with Crippen molar-refractivity contribution in [3.63, 3.8) is 0 Å². The van der Waals surface area contributed by atoms with Gasteiger partial charge in [-0.25, -0.2) is 0 Å². The zero-order chi connectivity index (χ0) is 24.2. The molecule has 1 fully saturated rings. The number of rotatable bonds is 5. The highest BCUT2D eigenvalue weighted by Gasteiger charge is 2.23. The number of hydrogen-bond acceptors (Lipinski definition) is 4. The number of aryl methyl sites for hydroxylation is 1. The lowest BCUT2D eigenvalue weighted by molar-refractivity contribution is 0.0628. The van der Waals surface area contributed by atoms with Gasteiger partial charge in [0.2, 0.25) is 0 Å². The van der Waals surface area contributed by atoms with Gasteiger partial charge in [-0.05, 0) is 48.4 Å². The number of para-hydroxylation sites is 1. The highest BCUT2D eigenvalue weighted by atomic mass is 16.2. The maximum Gasteiger partial charge on any atom is 0.255 e. The second-order valence-corrected chi connectivity index (χ2v) is 8.91. The van der Waals surface area contributed by atoms with Gasteiger partial charge in [0.15, 0.2) is 0 Å². The molecular weight excluding hydrogens is 436 g/mol. The lowest BCUT2D eigenvalue weighted by Crippen LogP contribution is -2.48. The number of nitrogens with one attached hydrogen (secondary N) is 1. The van der Waals surface area contributed by atoms with Crippen LogP contribution in [-0.2, 0) is 6.54 Å². The number of anilines is 1. The molecule has 0 aliphatic carbocycles. The van der Waals surface area contributed by atoms with Crippen molar-refractivity contribution in [3.05, 3.63) is 107 Å². The average Bonchev–Trinajstić information content (AvgIpc) is 2.91. The van der Waals surface area contributed by atoms with Crippen molar-refractivity contribution in [1.82, 2.24) is 14.8 Å². The van der Waals surface area contributed by atoms with Crippen LogP contribution in [0.3, 0.4) is 0 Å². The summed E-state index contributed by atoms with van der Waals surface area (Å²) in [6.45, 7) is 5.68. The van der Waals surface area contributed by atoms with E-state index in [0.717, 1.165) is 36.1 Å². The summed E-state index contributed by atoms with van der Waals surface area (Å²) in [5, 5.41) is 4.10. The zero-order valence-electron chi connectivity index (χ0n) is 19.8. The Morgan fingerprint density at radius 3 is 2.43 bits per heavy atom. The van der Waals surface area contributed by atoms with Crippen molar-refractivity contribution >= 4 is 28.4 Å². The maximum atomic E-state index is 13.2. The molecule has 2 amide bonds. The van der Waals surface area contributed by atoms with Gasteiger partial charge in [0, 0.05) is 61.1 Å². The van der Waals surface area contributed by atoms with Crippen molar-refractivity contribution < 1.29 is 9.59 Å². The predicted molar refractivity (Wildman–Crippen MR) is 138 cm³/mol. The number of carbonyl (C=O) groups is 2. The van der Waals surface area contributed by atoms with Gasteiger partial charge < -0.3 is 10.2 Å². The molecule has 0 radical (unpaired) electrons. The first kappa shape index (κ1) is 22.7. The van der Waals surface area contributed by atoms with Crippen molar-refractivity contribution in [3.8, 4) is 0 Å². The monoisotopic (exact) mass is 464 g/mol. The molecule has 1 aliphatic rings. The van der Waals surface area contributed by atoms with E-state index in [4.69, 9.17) is 0 Å². The van der Waals surface area contributed by atoms with Crippen LogP contribution in [0.4, 0.5) is 5.69 Å². The highest BCUT2D eigenvalue weighted by Crippen LogP contribution is 2.21. The molecule has 0 bridgehead atoms. The van der Waals surface area contributed by atoms with E-state index in [-0.39, 0.29) is 11.8 Å². The van der Waals surface area contributed by atoms with Crippen LogP contribution in [0.1, 0.15) is 31.8 Å². The SMILES string of the molecule is Cc1ccc(C(=O)N2CCN(Cc3cccc4cccnc34)CC2)cc1NC(=O)c1ccccc1. The van der Waals surface area contributed by atoms with Crippen molar-refractivity contribution in [1.29, 1.82) is 0 Å². The van der Waals surface area contributed by atoms with Crippen LogP contribution in [0.25, 0.3) is 10.9 Å². The molecule has 2 heterocycles. The van der Waals surface area contributed by atoms with E-state index >= 15 is 0 Å². The lowest BCUT2D eigenvalue weighted by Gasteiger charge is -2.35. The quantitative estimate of drug-likeness (QED) is 0.463. The summed E-state index contributed by atoms with van der Waals surface area (Å²) in [5.41, 5.74) is 5.00. The van der Waals surface area contributed by atoms with Crippen LogP contribution >= 0.6 is 0 Å². The maximum absolute atomic E-state index is 13.2. The molecule has 176 valence electrons. The molecule has 1 aliphatic heterocycles. The fourth-order valence-corrected chi connectivity index (χ4v) is 4.50. The van der Waals surface area contributed by atoms with Gasteiger partial charge in [0.25, 0.3) is 11.8 Å². The second kappa shape index (κ2) is 10.1. The summed E-state index contributed by atoms with van der Waals surface area (Å²) in [5.74, 6) is -0.193. The Morgan fingerprint density at radius 2 is 1.63 bits per heavy atom. The Kier molecular flexibility index (Phi) is 6.55. The van der Waals surface area contributed by atoms with Gasteiger partial charge >= 0.3 is 0 Å². The molecule has 1 aromatic heterocycles. The predicted octanol–water partition coefficient (Wildman–Crippen LogP) is 4.75. The number of pyridine rings is 1. The normalized spacial score (nSPS) is 14.1. The van der Waals surface area contributed by atoms with E-state index in [1.54, 1.807) is 18.2 Å². The molecule has 3 aromatic carbocycles. The molecule has 0 spiro atoms. The van der Waals surface area contributed by atoms with Gasteiger partial charge in [-0.2, -0.15) is 0 Å². The van der Waals surface area contributed by atoms with E-state index in [2.05, 4.69) is 39.5 Å². The summed E-state index contributed by atoms with van der Waals surface area (Å²) >= 11 is 0. The number of benzene rings is 3. The molecule has 6 heteroatoms. The molecule has 4 aromatic rings. The third-order valence-corrected chi connectivity index (χ3v) is 6.54. The summed E-state index contributed by atoms with van der Waals surface area (Å²) in [6.07, 6.45) is 1.83. The number of piperazine rings is 1. The summed E-state index contributed by atoms with van der Waals surface area (Å²) in [6, 6.07) is 24.9. The smallest absolute Gasteiger partial charge is 0.255 e. The fraction of sp³-hybridized carbons (Fsp3) is 0.207. The van der Waals surface area contributed by atoms with Crippen LogP contribution in [-0.4, -0.2) is 52.8 Å². The van der Waals surface area contributed by atoms with Gasteiger partial charge in [-0.1, -0.05) is 48.5 Å². The Hall–Kier alpha value is -4.03. The number of carbonyl (C=O) groups excluding carboxylic acids is 2. The van der Waals surface area contributed by atoms with Crippen molar-refractivity contribution in [2.45, 2.75) is 13.5 Å². The first-order valence-electron chi connectivity index (χ1n) is 11.9. The molecule has 5 rings (SSSR count). The second-order valence-electron chi connectivity index (χ2n) is 8.91. The molecule has 35 heavy (non-hydrogen) atoms. The van der Waals surface area contributed by atoms with Crippen LogP contribution in [0.2, 0.25) is 0 Å². The summed E-state index contributed by atoms with van der Waals surface area (Å²) in [4.78, 5) is 34.7. The summed E-state index contributed by atoms with van der Waals surface area (Å²) < 4.78 is 0. The first-order chi connectivity index (χ1) is 17.1. The van der Waals surface area contributed by atoms with Crippen molar-refractivity contribution in [2.24, 2.45) is 0 Å². The van der Waals surface area contributed by atoms with Crippen LogP contribution in [0.15, 0.2) is 85.1 Å². The Balaban J connectivity index is 1.23. The average molecular weight is 465 g/mol. The fourth-order valence-electron chi connectivity index (χ4n) is 4.50. The van der Waals surface area contributed by atoms with Crippen LogP contribution in [0.5, 0.6) is 0 Å². The van der Waals surface area contributed by atoms with Gasteiger partial charge in [0.05, 0.1) is 5.52 Å². The van der Waals surface area contributed by atoms with Crippen LogP contribution in [0, 0.1) is 6.92 Å². The molecule has 0 unspecified atom stereocenters. The standard InChI is InChI=1S/C29H28N4O2/c1-21-12-13-24(19-26(21)31-28(34)23-7-3-2-4-8-23)29(35)33-17-15-32(16-18-33)20-25-10-5-9-22-11-6-14-30-27(22)25/h2-14,19H,15-18,20H2,1H3,(H,31,34). The molecule has 6 nitrogen and oxygen atoms in total. The van der Waals surface area contributed by atoms with E-state index in [0.29, 0.717) is 29.9 Å². The number of amides is 2. The summed E-state index contributed by atoms with van der Waals surface area (Å²) in [7, 11) is 0. The minimum atomic E-state index is -0.185. The number of aromatic nitrogens is 1. The number of hydrogen-bond donors (Lipinski definition) is 1. The lowest BCUT2D eigenvalue weighted by atomic mass is 10.1. The number of fused-ring (bicyclic) bond motifs is 1. The molecule has 0 atom stereocenters. The Bertz CT molecular complexity index is 1360. The Morgan fingerprint density at radius 1 is 0.857 bits per heavy atom. The Labute approximate surface area is 205 Å². The van der Waals surface area contributed by atoms with Gasteiger partial charge in [-0.3, -0.25) is 19.5 Å². The van der Waals surface area contributed by atoms with E-state index in [9.17, 15) is 9.59 Å². The minimum Gasteiger partial charge on any atom is -0.336 e. The van der Waals surface area contributed by atoms with Gasteiger partial charge in [-0.15, -0.1) is 0 Å². The van der Waals surface area contributed by atoms with Crippen LogP contribution < -0.4 is 5.32 Å².